The smallest absolute Gasteiger partial charge is 0.410 e. The zero-order valence-electron chi connectivity index (χ0n) is 8.53. The number of hydrogen-bond acceptors (Lipinski definition) is 3. The molecule has 14 heavy (non-hydrogen) atoms. The summed E-state index contributed by atoms with van der Waals surface area (Å²) in [6.07, 6.45) is 2.81. The van der Waals surface area contributed by atoms with Crippen LogP contribution in [0.25, 0.3) is 0 Å². The first kappa shape index (κ1) is 11.0. The van der Waals surface area contributed by atoms with Crippen molar-refractivity contribution in [2.24, 2.45) is 0 Å². The van der Waals surface area contributed by atoms with Gasteiger partial charge in [0.05, 0.1) is 18.7 Å². The van der Waals surface area contributed by atoms with Crippen molar-refractivity contribution in [2.45, 2.75) is 25.4 Å². The molecule has 1 N–H and O–H groups in total. The van der Waals surface area contributed by atoms with Gasteiger partial charge in [-0.3, -0.25) is 0 Å². The van der Waals surface area contributed by atoms with Crippen molar-refractivity contribution in [2.75, 3.05) is 19.7 Å². The fourth-order valence-electron chi connectivity index (χ4n) is 1.64. The van der Waals surface area contributed by atoms with Gasteiger partial charge in [0.15, 0.2) is 0 Å². The second-order valence-electron chi connectivity index (χ2n) is 3.70. The van der Waals surface area contributed by atoms with E-state index in [1.807, 2.05) is 6.92 Å². The molecule has 0 bridgehead atoms. The molecular formula is C10H17NO3. The van der Waals surface area contributed by atoms with Gasteiger partial charge in [0.1, 0.15) is 6.61 Å². The molecule has 80 valence electrons. The maximum atomic E-state index is 11.2. The number of aliphatic hydroxyl groups is 1. The van der Waals surface area contributed by atoms with Crippen molar-refractivity contribution >= 4 is 6.09 Å². The highest BCUT2D eigenvalue weighted by atomic mass is 16.6. The van der Waals surface area contributed by atoms with Crippen molar-refractivity contribution in [1.29, 1.82) is 0 Å². The maximum Gasteiger partial charge on any atom is 0.410 e. The lowest BCUT2D eigenvalue weighted by Crippen LogP contribution is -2.63. The molecule has 0 spiro atoms. The predicted molar refractivity (Wildman–Crippen MR) is 53.0 cm³/mol. The Kier molecular flexibility index (Phi) is 3.52. The zero-order valence-corrected chi connectivity index (χ0v) is 8.53. The third-order valence-electron chi connectivity index (χ3n) is 2.27. The summed E-state index contributed by atoms with van der Waals surface area (Å²) < 4.78 is 4.82. The van der Waals surface area contributed by atoms with Gasteiger partial charge in [-0.2, -0.15) is 0 Å². The molecule has 4 heteroatoms. The van der Waals surface area contributed by atoms with E-state index in [0.717, 1.165) is 12.8 Å². The average Bonchev–Trinajstić information content (AvgIpc) is 2.10. The first-order valence-corrected chi connectivity index (χ1v) is 4.86. The van der Waals surface area contributed by atoms with E-state index >= 15 is 0 Å². The fourth-order valence-corrected chi connectivity index (χ4v) is 1.64. The minimum absolute atomic E-state index is 0.224. The molecule has 1 amide bonds. The second-order valence-corrected chi connectivity index (χ2v) is 3.70. The molecule has 1 heterocycles. The average molecular weight is 199 g/mol. The predicted octanol–water partition coefficient (Wildman–Crippen LogP) is 1.16. The molecule has 1 saturated heterocycles. The fraction of sp³-hybridized carbons (Fsp3) is 0.700. The van der Waals surface area contributed by atoms with Gasteiger partial charge in [-0.15, -0.1) is 0 Å². The summed E-state index contributed by atoms with van der Waals surface area (Å²) in [6.45, 7) is 6.45. The van der Waals surface area contributed by atoms with E-state index in [-0.39, 0.29) is 12.7 Å². The monoisotopic (exact) mass is 199 g/mol. The normalized spacial score (nSPS) is 18.6. The van der Waals surface area contributed by atoms with Gasteiger partial charge < -0.3 is 14.7 Å². The van der Waals surface area contributed by atoms with Crippen molar-refractivity contribution in [1.82, 2.24) is 4.90 Å². The number of carbonyl (C=O) groups excluding carboxylic acids is 1. The Labute approximate surface area is 84.2 Å². The lowest BCUT2D eigenvalue weighted by molar-refractivity contribution is -0.0925. The molecule has 0 radical (unpaired) electrons. The van der Waals surface area contributed by atoms with Crippen LogP contribution in [0.3, 0.4) is 0 Å². The molecular weight excluding hydrogens is 182 g/mol. The highest BCUT2D eigenvalue weighted by Crippen LogP contribution is 2.25. The number of nitrogens with zero attached hydrogens (tertiary/aromatic N) is 1. The molecule has 1 rings (SSSR count). The molecule has 1 fully saturated rings. The Morgan fingerprint density at radius 1 is 1.71 bits per heavy atom. The minimum atomic E-state index is -0.679. The summed E-state index contributed by atoms with van der Waals surface area (Å²) in [7, 11) is 0. The van der Waals surface area contributed by atoms with Crippen LogP contribution in [0.2, 0.25) is 0 Å². The highest BCUT2D eigenvalue weighted by molar-refractivity contribution is 5.69. The van der Waals surface area contributed by atoms with Crippen LogP contribution in [-0.4, -0.2) is 41.4 Å². The molecule has 1 aliphatic rings. The van der Waals surface area contributed by atoms with Crippen LogP contribution in [0, 0.1) is 0 Å². The Morgan fingerprint density at radius 2 is 2.36 bits per heavy atom. The van der Waals surface area contributed by atoms with Crippen LogP contribution >= 0.6 is 0 Å². The Hall–Kier alpha value is -1.03. The third kappa shape index (κ3) is 2.48. The highest BCUT2D eigenvalue weighted by Gasteiger charge is 2.43. The van der Waals surface area contributed by atoms with Crippen molar-refractivity contribution in [3.05, 3.63) is 12.7 Å². The molecule has 1 aliphatic heterocycles. The van der Waals surface area contributed by atoms with Gasteiger partial charge in [0.25, 0.3) is 0 Å². The van der Waals surface area contributed by atoms with E-state index in [9.17, 15) is 9.90 Å². The van der Waals surface area contributed by atoms with E-state index in [1.165, 1.54) is 11.0 Å². The molecule has 0 aromatic heterocycles. The van der Waals surface area contributed by atoms with Crippen molar-refractivity contribution in [3.63, 3.8) is 0 Å². The van der Waals surface area contributed by atoms with Crippen LogP contribution in [0.15, 0.2) is 12.7 Å². The van der Waals surface area contributed by atoms with Crippen molar-refractivity contribution < 1.29 is 14.6 Å². The first-order valence-electron chi connectivity index (χ1n) is 4.86. The number of hydrogen-bond donors (Lipinski definition) is 1. The molecule has 0 unspecified atom stereocenters. The van der Waals surface area contributed by atoms with Gasteiger partial charge in [-0.25, -0.2) is 4.79 Å². The standard InChI is InChI=1S/C10H17NO3/c1-3-5-10(13)7-11(8-10)9(12)14-6-4-2/h4,13H,2-3,5-8H2,1H3. The van der Waals surface area contributed by atoms with E-state index in [1.54, 1.807) is 0 Å². The maximum absolute atomic E-state index is 11.2. The minimum Gasteiger partial charge on any atom is -0.445 e. The van der Waals surface area contributed by atoms with Crippen LogP contribution < -0.4 is 0 Å². The van der Waals surface area contributed by atoms with Crippen LogP contribution in [0.5, 0.6) is 0 Å². The van der Waals surface area contributed by atoms with Crippen LogP contribution in [0.4, 0.5) is 4.79 Å². The number of amides is 1. The van der Waals surface area contributed by atoms with E-state index in [0.29, 0.717) is 13.1 Å². The summed E-state index contributed by atoms with van der Waals surface area (Å²) in [6, 6.07) is 0. The van der Waals surface area contributed by atoms with Gasteiger partial charge in [0, 0.05) is 0 Å². The molecule has 4 nitrogen and oxygen atoms in total. The Balaban J connectivity index is 2.25. The summed E-state index contributed by atoms with van der Waals surface area (Å²) in [5.41, 5.74) is -0.679. The van der Waals surface area contributed by atoms with E-state index in [2.05, 4.69) is 6.58 Å². The van der Waals surface area contributed by atoms with Crippen LogP contribution in [-0.2, 0) is 4.74 Å². The molecule has 0 aliphatic carbocycles. The number of β-amino-alcohol motifs (C(OH)–C–C–N with tert-alkyl or cyclic N) is 1. The number of likely N-dealkylation sites (tertiary alicyclic amines) is 1. The third-order valence-corrected chi connectivity index (χ3v) is 2.27. The Bertz CT molecular complexity index is 221. The van der Waals surface area contributed by atoms with E-state index in [4.69, 9.17) is 4.74 Å². The SMILES string of the molecule is C=CCOC(=O)N1CC(O)(CCC)C1. The zero-order chi connectivity index (χ0) is 10.6. The lowest BCUT2D eigenvalue weighted by atomic mass is 9.90. The van der Waals surface area contributed by atoms with E-state index < -0.39 is 5.60 Å². The topological polar surface area (TPSA) is 49.8 Å². The molecule has 0 aromatic carbocycles. The second kappa shape index (κ2) is 4.46. The molecule has 0 saturated carbocycles. The summed E-state index contributed by atoms with van der Waals surface area (Å²) in [5, 5.41) is 9.79. The van der Waals surface area contributed by atoms with Gasteiger partial charge in [-0.1, -0.05) is 26.0 Å². The number of carbonyl (C=O) groups is 1. The summed E-state index contributed by atoms with van der Waals surface area (Å²) >= 11 is 0. The molecule has 0 atom stereocenters. The quantitative estimate of drug-likeness (QED) is 0.691. The van der Waals surface area contributed by atoms with Gasteiger partial charge >= 0.3 is 6.09 Å². The molecule has 0 aromatic rings. The Morgan fingerprint density at radius 3 is 2.86 bits per heavy atom. The van der Waals surface area contributed by atoms with Crippen molar-refractivity contribution in [3.8, 4) is 0 Å². The number of rotatable bonds is 4. The van der Waals surface area contributed by atoms with Crippen LogP contribution in [0.1, 0.15) is 19.8 Å². The summed E-state index contributed by atoms with van der Waals surface area (Å²) in [5.74, 6) is 0. The lowest BCUT2D eigenvalue weighted by Gasteiger charge is -2.45. The van der Waals surface area contributed by atoms with Gasteiger partial charge in [0.2, 0.25) is 0 Å². The first-order chi connectivity index (χ1) is 6.61. The number of ether oxygens (including phenoxy) is 1. The summed E-state index contributed by atoms with van der Waals surface area (Å²) in [4.78, 5) is 12.7. The van der Waals surface area contributed by atoms with Gasteiger partial charge in [-0.05, 0) is 6.42 Å². The largest absolute Gasteiger partial charge is 0.445 e.